The number of nitrogens with one attached hydrogen (secondary N) is 1. The number of para-hydroxylation sites is 1. The first kappa shape index (κ1) is 19.1. The fourth-order valence-electron chi connectivity index (χ4n) is 3.00. The van der Waals surface area contributed by atoms with Gasteiger partial charge in [0.1, 0.15) is 5.69 Å². The number of anilines is 2. The maximum Gasteiger partial charge on any atom is 0.293 e. The maximum absolute atomic E-state index is 12.7. The van der Waals surface area contributed by atoms with Gasteiger partial charge in [0, 0.05) is 29.6 Å². The van der Waals surface area contributed by atoms with Crippen molar-refractivity contribution in [3.8, 4) is 0 Å². The van der Waals surface area contributed by atoms with Crippen LogP contribution in [0, 0.1) is 10.1 Å². The Morgan fingerprint density at radius 1 is 1.19 bits per heavy atom. The van der Waals surface area contributed by atoms with Gasteiger partial charge in [-0.3, -0.25) is 14.9 Å². The van der Waals surface area contributed by atoms with Gasteiger partial charge < -0.3 is 10.2 Å². The van der Waals surface area contributed by atoms with Crippen LogP contribution in [-0.2, 0) is 0 Å². The Kier molecular flexibility index (Phi) is 5.90. The second-order valence-electron chi connectivity index (χ2n) is 5.98. The first-order chi connectivity index (χ1) is 13.0. The molecule has 9 heteroatoms. The number of thioether (sulfide) groups is 1. The topological polar surface area (TPSA) is 75.5 Å². The molecule has 0 bridgehead atoms. The molecule has 6 nitrogen and oxygen atoms in total. The van der Waals surface area contributed by atoms with Crippen LogP contribution in [0.25, 0.3) is 0 Å². The van der Waals surface area contributed by atoms with E-state index in [0.717, 1.165) is 25.9 Å². The summed E-state index contributed by atoms with van der Waals surface area (Å²) in [6.07, 6.45) is 1.94. The number of hydrogen-bond donors (Lipinski definition) is 1. The summed E-state index contributed by atoms with van der Waals surface area (Å²) in [5, 5.41) is 14.0. The van der Waals surface area contributed by atoms with E-state index < -0.39 is 16.6 Å². The van der Waals surface area contributed by atoms with Gasteiger partial charge in [0.2, 0.25) is 0 Å². The van der Waals surface area contributed by atoms with Crippen LogP contribution in [0.5, 0.6) is 0 Å². The summed E-state index contributed by atoms with van der Waals surface area (Å²) in [6, 6.07) is 10.5. The van der Waals surface area contributed by atoms with Crippen LogP contribution < -0.4 is 10.2 Å². The number of nitrogens with zero attached hydrogens (tertiary/aromatic N) is 2. The first-order valence-electron chi connectivity index (χ1n) is 8.34. The molecule has 1 saturated heterocycles. The highest BCUT2D eigenvalue weighted by Gasteiger charge is 2.24. The second kappa shape index (κ2) is 8.34. The van der Waals surface area contributed by atoms with E-state index in [-0.39, 0.29) is 21.8 Å². The molecule has 142 valence electrons. The molecular formula is C18H17F2N3O3S. The highest BCUT2D eigenvalue weighted by molar-refractivity contribution is 7.99. The van der Waals surface area contributed by atoms with Crippen LogP contribution in [0.15, 0.2) is 47.4 Å². The summed E-state index contributed by atoms with van der Waals surface area (Å²) in [4.78, 5) is 25.6. The molecule has 2 aromatic rings. The van der Waals surface area contributed by atoms with E-state index in [0.29, 0.717) is 17.4 Å². The van der Waals surface area contributed by atoms with E-state index in [2.05, 4.69) is 5.32 Å². The molecule has 1 N–H and O–H groups in total. The highest BCUT2D eigenvalue weighted by atomic mass is 32.2. The van der Waals surface area contributed by atoms with Crippen molar-refractivity contribution in [2.45, 2.75) is 23.5 Å². The van der Waals surface area contributed by atoms with Gasteiger partial charge in [0.25, 0.3) is 17.4 Å². The summed E-state index contributed by atoms with van der Waals surface area (Å²) in [5.41, 5.74) is 0.683. The van der Waals surface area contributed by atoms with E-state index in [1.165, 1.54) is 24.3 Å². The third kappa shape index (κ3) is 4.54. The molecule has 0 aliphatic carbocycles. The normalized spacial score (nSPS) is 13.8. The van der Waals surface area contributed by atoms with Crippen molar-refractivity contribution < 1.29 is 18.5 Å². The van der Waals surface area contributed by atoms with Crippen molar-refractivity contribution >= 4 is 34.7 Å². The predicted octanol–water partition coefficient (Wildman–Crippen LogP) is 4.76. The molecule has 27 heavy (non-hydrogen) atoms. The fourth-order valence-corrected chi connectivity index (χ4v) is 3.59. The predicted molar refractivity (Wildman–Crippen MR) is 101 cm³/mol. The molecule has 1 aliphatic heterocycles. The van der Waals surface area contributed by atoms with Crippen molar-refractivity contribution in [3.05, 3.63) is 58.1 Å². The number of carbonyl (C=O) groups excluding carboxylic acids is 1. The van der Waals surface area contributed by atoms with Gasteiger partial charge >= 0.3 is 0 Å². The number of rotatable bonds is 6. The van der Waals surface area contributed by atoms with Crippen LogP contribution in [0.3, 0.4) is 0 Å². The molecule has 0 spiro atoms. The third-order valence-corrected chi connectivity index (χ3v) is 5.02. The summed E-state index contributed by atoms with van der Waals surface area (Å²) >= 11 is 0.327. The summed E-state index contributed by atoms with van der Waals surface area (Å²) < 4.78 is 25.3. The lowest BCUT2D eigenvalue weighted by molar-refractivity contribution is -0.384. The Bertz CT molecular complexity index is 857. The zero-order valence-corrected chi connectivity index (χ0v) is 15.0. The minimum atomic E-state index is -2.62. The summed E-state index contributed by atoms with van der Waals surface area (Å²) in [5.74, 6) is -3.21. The Morgan fingerprint density at radius 3 is 2.56 bits per heavy atom. The molecule has 1 fully saturated rings. The summed E-state index contributed by atoms with van der Waals surface area (Å²) in [7, 11) is 0. The molecule has 0 radical (unpaired) electrons. The average molecular weight is 393 g/mol. The van der Waals surface area contributed by atoms with Crippen molar-refractivity contribution in [1.29, 1.82) is 0 Å². The minimum absolute atomic E-state index is 0.0986. The van der Waals surface area contributed by atoms with E-state index >= 15 is 0 Å². The second-order valence-corrected chi connectivity index (χ2v) is 7.02. The van der Waals surface area contributed by atoms with E-state index in [1.807, 2.05) is 4.90 Å². The van der Waals surface area contributed by atoms with E-state index in [9.17, 15) is 23.7 Å². The molecule has 1 amide bonds. The standard InChI is InChI=1S/C18H17F2N3O3S/c19-18(20)27-16-6-2-1-5-13(16)21-17(24)12-7-8-14(15(11-12)23(25)26)22-9-3-4-10-22/h1-2,5-8,11,18H,3-4,9-10H2,(H,21,24). The monoisotopic (exact) mass is 393 g/mol. The number of nitro benzene ring substituents is 1. The maximum atomic E-state index is 12.7. The highest BCUT2D eigenvalue weighted by Crippen LogP contribution is 2.34. The van der Waals surface area contributed by atoms with Crippen LogP contribution >= 0.6 is 11.8 Å². The molecule has 0 unspecified atom stereocenters. The Labute approximate surface area is 158 Å². The first-order valence-corrected chi connectivity index (χ1v) is 9.22. The molecule has 0 atom stereocenters. The fraction of sp³-hybridized carbons (Fsp3) is 0.278. The number of amides is 1. The molecule has 3 rings (SSSR count). The molecule has 1 heterocycles. The van der Waals surface area contributed by atoms with Gasteiger partial charge in [0.05, 0.1) is 10.6 Å². The van der Waals surface area contributed by atoms with Crippen molar-refractivity contribution in [1.82, 2.24) is 0 Å². The number of halogens is 2. The SMILES string of the molecule is O=C(Nc1ccccc1SC(F)F)c1ccc(N2CCCC2)c([N+](=O)[O-])c1. The molecule has 0 aromatic heterocycles. The van der Waals surface area contributed by atoms with Crippen molar-refractivity contribution in [2.24, 2.45) is 0 Å². The lowest BCUT2D eigenvalue weighted by atomic mass is 10.1. The van der Waals surface area contributed by atoms with E-state index in [1.54, 1.807) is 18.2 Å². The lowest BCUT2D eigenvalue weighted by Crippen LogP contribution is -2.20. The quantitative estimate of drug-likeness (QED) is 0.435. The van der Waals surface area contributed by atoms with Gasteiger partial charge in [0.15, 0.2) is 0 Å². The number of nitro groups is 1. The number of benzene rings is 2. The summed E-state index contributed by atoms with van der Waals surface area (Å²) in [6.45, 7) is 1.48. The molecular weight excluding hydrogens is 376 g/mol. The van der Waals surface area contributed by atoms with Gasteiger partial charge in [-0.1, -0.05) is 23.9 Å². The van der Waals surface area contributed by atoms with Gasteiger partial charge in [-0.05, 0) is 37.1 Å². The van der Waals surface area contributed by atoms with Gasteiger partial charge in [-0.15, -0.1) is 0 Å². The Morgan fingerprint density at radius 2 is 1.89 bits per heavy atom. The largest absolute Gasteiger partial charge is 0.366 e. The van der Waals surface area contributed by atoms with Crippen LogP contribution in [0.4, 0.5) is 25.8 Å². The Balaban J connectivity index is 1.85. The lowest BCUT2D eigenvalue weighted by Gasteiger charge is -2.18. The minimum Gasteiger partial charge on any atom is -0.366 e. The number of alkyl halides is 2. The average Bonchev–Trinajstić information content (AvgIpc) is 3.17. The number of hydrogen-bond acceptors (Lipinski definition) is 5. The van der Waals surface area contributed by atoms with Crippen LogP contribution in [0.2, 0.25) is 0 Å². The van der Waals surface area contributed by atoms with Crippen LogP contribution in [-0.4, -0.2) is 29.7 Å². The number of carbonyl (C=O) groups is 1. The van der Waals surface area contributed by atoms with E-state index in [4.69, 9.17) is 0 Å². The van der Waals surface area contributed by atoms with Crippen LogP contribution in [0.1, 0.15) is 23.2 Å². The Hall–Kier alpha value is -2.68. The zero-order chi connectivity index (χ0) is 19.4. The third-order valence-electron chi connectivity index (χ3n) is 4.23. The van der Waals surface area contributed by atoms with Gasteiger partial charge in [-0.2, -0.15) is 8.78 Å². The van der Waals surface area contributed by atoms with Gasteiger partial charge in [-0.25, -0.2) is 0 Å². The molecule has 0 saturated carbocycles. The smallest absolute Gasteiger partial charge is 0.293 e. The van der Waals surface area contributed by atoms with Crippen molar-refractivity contribution in [3.63, 3.8) is 0 Å². The molecule has 2 aromatic carbocycles. The zero-order valence-electron chi connectivity index (χ0n) is 14.2. The molecule has 1 aliphatic rings. The van der Waals surface area contributed by atoms with Crippen molar-refractivity contribution in [2.75, 3.05) is 23.3 Å².